The number of furan rings is 1. The van der Waals surface area contributed by atoms with E-state index in [1.807, 2.05) is 75.4 Å². The Morgan fingerprint density at radius 1 is 0.944 bits per heavy atom. The maximum Gasteiger partial charge on any atom is 0.245 e. The van der Waals surface area contributed by atoms with Gasteiger partial charge < -0.3 is 9.32 Å². The Morgan fingerprint density at radius 3 is 2.39 bits per heavy atom. The number of fused-ring (bicyclic) bond motifs is 1. The number of para-hydroxylation sites is 1. The molecule has 0 unspecified atom stereocenters. The van der Waals surface area contributed by atoms with Crippen molar-refractivity contribution in [3.8, 4) is 0 Å². The van der Waals surface area contributed by atoms with Gasteiger partial charge in [0.15, 0.2) is 0 Å². The lowest BCUT2D eigenvalue weighted by Crippen LogP contribution is -2.43. The van der Waals surface area contributed by atoms with Crippen LogP contribution in [0.1, 0.15) is 30.9 Å². The molecule has 0 aliphatic heterocycles. The second kappa shape index (κ2) is 11.1. The van der Waals surface area contributed by atoms with Gasteiger partial charge in [0.25, 0.3) is 0 Å². The molecule has 1 amide bonds. The fourth-order valence-electron chi connectivity index (χ4n) is 4.12. The van der Waals surface area contributed by atoms with Crippen molar-refractivity contribution in [3.05, 3.63) is 96.1 Å². The zero-order chi connectivity index (χ0) is 25.7. The van der Waals surface area contributed by atoms with Crippen LogP contribution in [0.5, 0.6) is 0 Å². The van der Waals surface area contributed by atoms with E-state index in [-0.39, 0.29) is 36.4 Å². The van der Waals surface area contributed by atoms with E-state index >= 15 is 0 Å². The van der Waals surface area contributed by atoms with E-state index in [1.54, 1.807) is 29.3 Å². The number of nitrogens with zero attached hydrogens (tertiary/aromatic N) is 3. The molecular formula is C28H31N3O4S. The number of carbonyl (C=O) groups excluding carboxylic acids is 1. The molecule has 2 heterocycles. The van der Waals surface area contributed by atoms with Gasteiger partial charge in [-0.2, -0.15) is 4.31 Å². The summed E-state index contributed by atoms with van der Waals surface area (Å²) in [5.74, 6) is 1.12. The van der Waals surface area contributed by atoms with Gasteiger partial charge in [0.2, 0.25) is 15.9 Å². The van der Waals surface area contributed by atoms with Crippen LogP contribution in [0.25, 0.3) is 10.9 Å². The van der Waals surface area contributed by atoms with Gasteiger partial charge in [0.05, 0.1) is 18.6 Å². The van der Waals surface area contributed by atoms with Crippen LogP contribution in [-0.2, 0) is 27.9 Å². The summed E-state index contributed by atoms with van der Waals surface area (Å²) in [6.07, 6.45) is 1.58. The smallest absolute Gasteiger partial charge is 0.245 e. The van der Waals surface area contributed by atoms with Gasteiger partial charge in [-0.25, -0.2) is 8.42 Å². The molecule has 2 aromatic carbocycles. The summed E-state index contributed by atoms with van der Waals surface area (Å²) in [6, 6.07) is 22.0. The highest BCUT2D eigenvalue weighted by Crippen LogP contribution is 2.25. The van der Waals surface area contributed by atoms with Gasteiger partial charge in [-0.05, 0) is 42.7 Å². The quantitative estimate of drug-likeness (QED) is 0.302. The Morgan fingerprint density at radius 2 is 1.69 bits per heavy atom. The predicted molar refractivity (Wildman–Crippen MR) is 139 cm³/mol. The monoisotopic (exact) mass is 505 g/mol. The molecule has 0 radical (unpaired) electrons. The third-order valence-corrected chi connectivity index (χ3v) is 7.65. The van der Waals surface area contributed by atoms with Crippen molar-refractivity contribution in [2.45, 2.75) is 38.8 Å². The minimum absolute atomic E-state index is 0.0193. The van der Waals surface area contributed by atoms with E-state index in [1.165, 1.54) is 4.31 Å². The minimum Gasteiger partial charge on any atom is -0.464 e. The first-order chi connectivity index (χ1) is 17.2. The lowest BCUT2D eigenvalue weighted by molar-refractivity contribution is -0.133. The van der Waals surface area contributed by atoms with E-state index < -0.39 is 10.0 Å². The van der Waals surface area contributed by atoms with Crippen LogP contribution in [0.4, 0.5) is 0 Å². The summed E-state index contributed by atoms with van der Waals surface area (Å²) in [7, 11) is -3.99. The van der Waals surface area contributed by atoms with Gasteiger partial charge in [-0.3, -0.25) is 9.78 Å². The predicted octanol–water partition coefficient (Wildman–Crippen LogP) is 5.01. The minimum atomic E-state index is -3.99. The van der Waals surface area contributed by atoms with Crippen molar-refractivity contribution in [1.82, 2.24) is 14.2 Å². The number of hydrogen-bond acceptors (Lipinski definition) is 5. The third-order valence-electron chi connectivity index (χ3n) is 5.81. The first-order valence-electron chi connectivity index (χ1n) is 11.9. The van der Waals surface area contributed by atoms with E-state index in [0.29, 0.717) is 17.8 Å². The summed E-state index contributed by atoms with van der Waals surface area (Å²) >= 11 is 0. The SMILES string of the molecule is Cc1ccc(CN(Cc2ccccc2)C(=O)CN(CC(C)C)S(=O)(=O)c2cccc3cccnc23)o1. The number of carbonyl (C=O) groups is 1. The van der Waals surface area contributed by atoms with Crippen LogP contribution >= 0.6 is 0 Å². The highest BCUT2D eigenvalue weighted by molar-refractivity contribution is 7.89. The molecule has 7 nitrogen and oxygen atoms in total. The maximum atomic E-state index is 13.9. The van der Waals surface area contributed by atoms with E-state index in [9.17, 15) is 13.2 Å². The van der Waals surface area contributed by atoms with E-state index in [4.69, 9.17) is 4.42 Å². The Balaban J connectivity index is 1.66. The molecule has 0 saturated carbocycles. The highest BCUT2D eigenvalue weighted by atomic mass is 32.2. The molecule has 0 fully saturated rings. The number of benzene rings is 2. The summed E-state index contributed by atoms with van der Waals surface area (Å²) in [5, 5.41) is 0.730. The lowest BCUT2D eigenvalue weighted by atomic mass is 10.2. The number of hydrogen-bond donors (Lipinski definition) is 0. The van der Waals surface area contributed by atoms with Gasteiger partial charge in [-0.1, -0.05) is 62.4 Å². The van der Waals surface area contributed by atoms with Crippen molar-refractivity contribution >= 4 is 26.8 Å². The standard InChI is InChI=1S/C28H31N3O4S/c1-21(2)17-31(36(33,34)26-13-7-11-24-12-8-16-29-28(24)26)20-27(32)30(18-23-9-5-4-6-10-23)19-25-15-14-22(3)35-25/h4-16,21H,17-20H2,1-3H3. The molecule has 8 heteroatoms. The lowest BCUT2D eigenvalue weighted by Gasteiger charge is -2.28. The van der Waals surface area contributed by atoms with Gasteiger partial charge in [0, 0.05) is 24.7 Å². The fourth-order valence-corrected chi connectivity index (χ4v) is 5.84. The van der Waals surface area contributed by atoms with Crippen LogP contribution in [0, 0.1) is 12.8 Å². The van der Waals surface area contributed by atoms with Crippen molar-refractivity contribution < 1.29 is 17.6 Å². The average Bonchev–Trinajstić information content (AvgIpc) is 3.27. The van der Waals surface area contributed by atoms with Crippen molar-refractivity contribution in [2.24, 2.45) is 5.92 Å². The Bertz CT molecular complexity index is 1430. The van der Waals surface area contributed by atoms with Gasteiger partial charge in [0.1, 0.15) is 16.4 Å². The molecule has 0 atom stereocenters. The summed E-state index contributed by atoms with van der Waals surface area (Å²) in [6.45, 7) is 6.22. The number of pyridine rings is 1. The summed E-state index contributed by atoms with van der Waals surface area (Å²) < 4.78 is 34.7. The van der Waals surface area contributed by atoms with Crippen LogP contribution in [0.3, 0.4) is 0 Å². The first-order valence-corrected chi connectivity index (χ1v) is 13.4. The molecule has 2 aromatic heterocycles. The van der Waals surface area contributed by atoms with Crippen LogP contribution in [-0.4, -0.2) is 41.6 Å². The Kier molecular flexibility index (Phi) is 7.86. The molecule has 0 bridgehead atoms. The van der Waals surface area contributed by atoms with E-state index in [2.05, 4.69) is 4.98 Å². The zero-order valence-electron chi connectivity index (χ0n) is 20.8. The molecule has 0 saturated heterocycles. The zero-order valence-corrected chi connectivity index (χ0v) is 21.6. The van der Waals surface area contributed by atoms with Crippen LogP contribution in [0.15, 0.2) is 88.3 Å². The fraction of sp³-hybridized carbons (Fsp3) is 0.286. The molecule has 4 aromatic rings. The van der Waals surface area contributed by atoms with Gasteiger partial charge in [-0.15, -0.1) is 0 Å². The number of amides is 1. The maximum absolute atomic E-state index is 13.9. The van der Waals surface area contributed by atoms with Crippen molar-refractivity contribution in [2.75, 3.05) is 13.1 Å². The third kappa shape index (κ3) is 6.01. The number of rotatable bonds is 10. The molecule has 36 heavy (non-hydrogen) atoms. The number of aromatic nitrogens is 1. The second-order valence-electron chi connectivity index (χ2n) is 9.27. The van der Waals surface area contributed by atoms with Crippen LogP contribution in [0.2, 0.25) is 0 Å². The van der Waals surface area contributed by atoms with Crippen LogP contribution < -0.4 is 0 Å². The largest absolute Gasteiger partial charge is 0.464 e. The number of sulfonamides is 1. The average molecular weight is 506 g/mol. The molecule has 0 aliphatic carbocycles. The highest BCUT2D eigenvalue weighted by Gasteiger charge is 2.31. The Labute approximate surface area is 212 Å². The van der Waals surface area contributed by atoms with Gasteiger partial charge >= 0.3 is 0 Å². The summed E-state index contributed by atoms with van der Waals surface area (Å²) in [4.78, 5) is 19.7. The number of aryl methyl sites for hydroxylation is 1. The molecular weight excluding hydrogens is 474 g/mol. The summed E-state index contributed by atoms with van der Waals surface area (Å²) in [5.41, 5.74) is 1.35. The first kappa shape index (κ1) is 25.6. The topological polar surface area (TPSA) is 83.7 Å². The normalized spacial score (nSPS) is 11.9. The van der Waals surface area contributed by atoms with Crippen molar-refractivity contribution in [3.63, 3.8) is 0 Å². The molecule has 0 aliphatic rings. The molecule has 0 N–H and O–H groups in total. The molecule has 188 valence electrons. The Hall–Kier alpha value is -3.49. The van der Waals surface area contributed by atoms with Crippen molar-refractivity contribution in [1.29, 1.82) is 0 Å². The molecule has 0 spiro atoms. The van der Waals surface area contributed by atoms with E-state index in [0.717, 1.165) is 16.7 Å². The molecule has 4 rings (SSSR count). The second-order valence-corrected chi connectivity index (χ2v) is 11.2.